The summed E-state index contributed by atoms with van der Waals surface area (Å²) in [7, 11) is 0. The minimum Gasteiger partial charge on any atom is -0.462 e. The Morgan fingerprint density at radius 3 is 2.92 bits per heavy atom. The summed E-state index contributed by atoms with van der Waals surface area (Å²) in [6, 6.07) is 5.40. The summed E-state index contributed by atoms with van der Waals surface area (Å²) < 4.78 is 5.18. The molecule has 0 saturated heterocycles. The number of rotatable bonds is 0. The maximum Gasteiger partial charge on any atom is 0.215 e. The van der Waals surface area contributed by atoms with Crippen LogP contribution in [-0.4, -0.2) is 0 Å². The van der Waals surface area contributed by atoms with Crippen LogP contribution in [0.1, 0.15) is 5.56 Å². The number of fused-ring (bicyclic) bond motifs is 1. The lowest BCUT2D eigenvalue weighted by Crippen LogP contribution is -2.07. The maximum atomic E-state index is 11.5. The highest BCUT2D eigenvalue weighted by Crippen LogP contribution is 2.13. The Labute approximate surface area is 74.8 Å². The van der Waals surface area contributed by atoms with Gasteiger partial charge in [0.25, 0.3) is 0 Å². The summed E-state index contributed by atoms with van der Waals surface area (Å²) in [6.45, 7) is 1.94. The monoisotopic (exact) mass is 175 g/mol. The molecule has 2 rings (SSSR count). The minimum absolute atomic E-state index is 0.149. The molecule has 0 aliphatic heterocycles. The maximum absolute atomic E-state index is 11.5. The topological polar surface area (TPSA) is 56.2 Å². The third kappa shape index (κ3) is 1.18. The molecule has 2 N–H and O–H groups in total. The first-order valence-corrected chi connectivity index (χ1v) is 3.96. The fourth-order valence-electron chi connectivity index (χ4n) is 1.25. The van der Waals surface area contributed by atoms with Crippen LogP contribution >= 0.6 is 0 Å². The molecule has 0 aliphatic rings. The molecule has 0 amide bonds. The Kier molecular flexibility index (Phi) is 1.59. The lowest BCUT2D eigenvalue weighted by molar-refractivity contribution is 0.605. The van der Waals surface area contributed by atoms with Crippen molar-refractivity contribution in [2.24, 2.45) is 0 Å². The van der Waals surface area contributed by atoms with E-state index in [4.69, 9.17) is 10.2 Å². The van der Waals surface area contributed by atoms with E-state index in [0.29, 0.717) is 11.0 Å². The van der Waals surface area contributed by atoms with E-state index in [1.807, 2.05) is 19.1 Å². The molecule has 66 valence electrons. The van der Waals surface area contributed by atoms with Crippen molar-refractivity contribution in [3.63, 3.8) is 0 Å². The van der Waals surface area contributed by atoms with Crippen molar-refractivity contribution < 1.29 is 4.42 Å². The zero-order chi connectivity index (χ0) is 9.42. The average molecular weight is 175 g/mol. The second-order valence-electron chi connectivity index (χ2n) is 3.02. The van der Waals surface area contributed by atoms with Gasteiger partial charge in [-0.15, -0.1) is 0 Å². The molecule has 1 heterocycles. The molecular weight excluding hydrogens is 166 g/mol. The largest absolute Gasteiger partial charge is 0.462 e. The quantitative estimate of drug-likeness (QED) is 0.662. The fourth-order valence-corrected chi connectivity index (χ4v) is 1.25. The lowest BCUT2D eigenvalue weighted by Gasteiger charge is -1.98. The van der Waals surface area contributed by atoms with Gasteiger partial charge in [-0.25, -0.2) is 0 Å². The van der Waals surface area contributed by atoms with E-state index in [9.17, 15) is 4.79 Å². The van der Waals surface area contributed by atoms with Crippen LogP contribution in [0.5, 0.6) is 0 Å². The van der Waals surface area contributed by atoms with Crippen molar-refractivity contribution in [3.8, 4) is 0 Å². The smallest absolute Gasteiger partial charge is 0.215 e. The molecule has 0 spiro atoms. The molecule has 1 aromatic carbocycles. The molecule has 0 bridgehead atoms. The Bertz CT molecular complexity index is 514. The van der Waals surface area contributed by atoms with Crippen LogP contribution in [0.25, 0.3) is 11.0 Å². The third-order valence-corrected chi connectivity index (χ3v) is 1.96. The highest BCUT2D eigenvalue weighted by Gasteiger charge is 2.02. The second kappa shape index (κ2) is 2.62. The molecule has 0 radical (unpaired) electrons. The number of hydrogen-bond donors (Lipinski definition) is 1. The molecule has 2 aromatic rings. The van der Waals surface area contributed by atoms with Crippen molar-refractivity contribution in [1.29, 1.82) is 0 Å². The third-order valence-electron chi connectivity index (χ3n) is 1.96. The molecule has 13 heavy (non-hydrogen) atoms. The summed E-state index contributed by atoms with van der Waals surface area (Å²) in [5.74, 6) is 0. The van der Waals surface area contributed by atoms with Crippen LogP contribution in [0.2, 0.25) is 0 Å². The van der Waals surface area contributed by atoms with Crippen LogP contribution in [0.3, 0.4) is 0 Å². The van der Waals surface area contributed by atoms with Gasteiger partial charge >= 0.3 is 0 Å². The first kappa shape index (κ1) is 7.86. The Morgan fingerprint density at radius 2 is 2.15 bits per heavy atom. The summed E-state index contributed by atoms with van der Waals surface area (Å²) in [4.78, 5) is 11.5. The van der Waals surface area contributed by atoms with Crippen LogP contribution < -0.4 is 11.2 Å². The standard InChI is InChI=1S/C10H9NO2/c1-6-2-3-7-9(4-6)13-5-8(11)10(7)12/h2-5H,11H2,1H3. The molecule has 3 nitrogen and oxygen atoms in total. The van der Waals surface area contributed by atoms with E-state index < -0.39 is 0 Å². The average Bonchev–Trinajstić information content (AvgIpc) is 2.12. The van der Waals surface area contributed by atoms with Gasteiger partial charge in [0.05, 0.1) is 5.39 Å². The van der Waals surface area contributed by atoms with Gasteiger partial charge in [-0.1, -0.05) is 6.07 Å². The number of nitrogen functional groups attached to an aromatic ring is 1. The predicted octanol–water partition coefficient (Wildman–Crippen LogP) is 1.68. The SMILES string of the molecule is Cc1ccc2c(=O)c(N)coc2c1. The molecule has 3 heteroatoms. The van der Waals surface area contributed by atoms with E-state index in [2.05, 4.69) is 0 Å². The number of aryl methyl sites for hydroxylation is 1. The first-order valence-electron chi connectivity index (χ1n) is 3.96. The molecular formula is C10H9NO2. The molecule has 0 fully saturated rings. The Morgan fingerprint density at radius 1 is 1.38 bits per heavy atom. The molecule has 1 aromatic heterocycles. The van der Waals surface area contributed by atoms with Gasteiger partial charge in [-0.3, -0.25) is 4.79 Å². The van der Waals surface area contributed by atoms with Crippen molar-refractivity contribution in [2.75, 3.05) is 5.73 Å². The summed E-state index contributed by atoms with van der Waals surface area (Å²) >= 11 is 0. The molecule has 0 unspecified atom stereocenters. The van der Waals surface area contributed by atoms with Gasteiger partial charge in [0.2, 0.25) is 5.43 Å². The summed E-state index contributed by atoms with van der Waals surface area (Å²) in [6.07, 6.45) is 1.28. The van der Waals surface area contributed by atoms with Crippen LogP contribution in [-0.2, 0) is 0 Å². The normalized spacial score (nSPS) is 10.5. The van der Waals surface area contributed by atoms with E-state index in [0.717, 1.165) is 5.56 Å². The fraction of sp³-hybridized carbons (Fsp3) is 0.100. The predicted molar refractivity (Wildman–Crippen MR) is 51.6 cm³/mol. The van der Waals surface area contributed by atoms with Crippen LogP contribution in [0, 0.1) is 6.92 Å². The highest BCUT2D eigenvalue weighted by molar-refractivity contribution is 5.79. The van der Waals surface area contributed by atoms with Gasteiger partial charge < -0.3 is 10.2 Å². The van der Waals surface area contributed by atoms with Crippen molar-refractivity contribution >= 4 is 16.7 Å². The summed E-state index contributed by atoms with van der Waals surface area (Å²) in [5, 5.41) is 0.533. The van der Waals surface area contributed by atoms with E-state index in [1.165, 1.54) is 6.26 Å². The molecule has 0 aliphatic carbocycles. The summed E-state index contributed by atoms with van der Waals surface area (Å²) in [5.41, 5.74) is 7.04. The Hall–Kier alpha value is -1.77. The van der Waals surface area contributed by atoms with Crippen molar-refractivity contribution in [2.45, 2.75) is 6.92 Å². The van der Waals surface area contributed by atoms with Crippen molar-refractivity contribution in [3.05, 3.63) is 40.2 Å². The number of anilines is 1. The number of nitrogens with two attached hydrogens (primary N) is 1. The zero-order valence-corrected chi connectivity index (χ0v) is 7.20. The van der Waals surface area contributed by atoms with Gasteiger partial charge in [-0.2, -0.15) is 0 Å². The highest BCUT2D eigenvalue weighted by atomic mass is 16.3. The van der Waals surface area contributed by atoms with Crippen LogP contribution in [0.15, 0.2) is 33.7 Å². The number of benzene rings is 1. The van der Waals surface area contributed by atoms with Gasteiger partial charge in [0, 0.05) is 0 Å². The molecule has 0 saturated carbocycles. The lowest BCUT2D eigenvalue weighted by atomic mass is 10.1. The Balaban J connectivity index is 2.95. The van der Waals surface area contributed by atoms with Gasteiger partial charge in [-0.05, 0) is 24.6 Å². The van der Waals surface area contributed by atoms with Crippen LogP contribution in [0.4, 0.5) is 5.69 Å². The second-order valence-corrected chi connectivity index (χ2v) is 3.02. The first-order chi connectivity index (χ1) is 6.18. The van der Waals surface area contributed by atoms with E-state index in [1.54, 1.807) is 6.07 Å². The number of hydrogen-bond acceptors (Lipinski definition) is 3. The minimum atomic E-state index is -0.166. The molecule has 0 atom stereocenters. The van der Waals surface area contributed by atoms with Crippen molar-refractivity contribution in [1.82, 2.24) is 0 Å². The van der Waals surface area contributed by atoms with E-state index in [-0.39, 0.29) is 11.1 Å². The van der Waals surface area contributed by atoms with E-state index >= 15 is 0 Å². The zero-order valence-electron chi connectivity index (χ0n) is 7.20. The van der Waals surface area contributed by atoms with Gasteiger partial charge in [0.15, 0.2) is 0 Å². The van der Waals surface area contributed by atoms with Gasteiger partial charge in [0.1, 0.15) is 17.5 Å².